The molecule has 0 aliphatic carbocycles. The Morgan fingerprint density at radius 2 is 1.70 bits per heavy atom. The van der Waals surface area contributed by atoms with Crippen LogP contribution in [0.3, 0.4) is 0 Å². The van der Waals surface area contributed by atoms with Gasteiger partial charge in [-0.1, -0.05) is 18.2 Å². The van der Waals surface area contributed by atoms with Crippen LogP contribution in [0.4, 0.5) is 17.6 Å². The summed E-state index contributed by atoms with van der Waals surface area (Å²) in [6, 6.07) is 5.91. The monoisotopic (exact) mass is 378 g/mol. The Hall–Kier alpha value is -0.760. The smallest absolute Gasteiger partial charge is 0.428 e. The van der Waals surface area contributed by atoms with E-state index in [1.165, 1.54) is 12.1 Å². The average molecular weight is 379 g/mol. The molecule has 0 unspecified atom stereocenters. The Morgan fingerprint density at radius 3 is 2.26 bits per heavy atom. The van der Waals surface area contributed by atoms with Gasteiger partial charge >= 0.3 is 12.5 Å². The first-order valence-electron chi connectivity index (χ1n) is 6.80. The Labute approximate surface area is 145 Å². The number of para-hydroxylation sites is 1. The molecule has 134 valence electrons. The summed E-state index contributed by atoms with van der Waals surface area (Å²) in [4.78, 5) is 2.10. The normalized spacial score (nSPS) is 17.1. The van der Waals surface area contributed by atoms with Crippen molar-refractivity contribution in [2.45, 2.75) is 25.5 Å². The number of benzene rings is 1. The Kier molecular flexibility index (Phi) is 9.20. The van der Waals surface area contributed by atoms with Gasteiger partial charge in [-0.15, -0.1) is 24.8 Å². The third kappa shape index (κ3) is 5.67. The van der Waals surface area contributed by atoms with E-state index in [-0.39, 0.29) is 36.6 Å². The summed E-state index contributed by atoms with van der Waals surface area (Å²) in [7, 11) is 0. The highest BCUT2D eigenvalue weighted by molar-refractivity contribution is 5.85. The molecule has 0 spiro atoms. The molecule has 0 aromatic heterocycles. The van der Waals surface area contributed by atoms with Crippen molar-refractivity contribution in [3.63, 3.8) is 0 Å². The van der Waals surface area contributed by atoms with Crippen molar-refractivity contribution in [3.8, 4) is 5.75 Å². The first-order chi connectivity index (χ1) is 9.92. The van der Waals surface area contributed by atoms with Gasteiger partial charge in [0.2, 0.25) is 0 Å². The van der Waals surface area contributed by atoms with Crippen LogP contribution in [0.15, 0.2) is 24.3 Å². The summed E-state index contributed by atoms with van der Waals surface area (Å²) in [5, 5.41) is 3.20. The standard InChI is InChI=1S/C14H18F4N2O.2ClH/c1-10(20-8-6-19-7-9-20)11-4-2-3-5-12(11)21-14(17,18)13(15)16;;/h2-5,10,13,19H,6-9H2,1H3;2*1H/t10-;;/m1../s1. The van der Waals surface area contributed by atoms with Crippen molar-refractivity contribution in [1.29, 1.82) is 0 Å². The second-order valence-corrected chi connectivity index (χ2v) is 4.96. The van der Waals surface area contributed by atoms with Crippen LogP contribution in [0.5, 0.6) is 5.75 Å². The molecule has 1 N–H and O–H groups in total. The van der Waals surface area contributed by atoms with E-state index in [2.05, 4.69) is 15.0 Å². The lowest BCUT2D eigenvalue weighted by molar-refractivity contribution is -0.253. The maximum absolute atomic E-state index is 13.1. The molecule has 1 saturated heterocycles. The second-order valence-electron chi connectivity index (χ2n) is 4.96. The van der Waals surface area contributed by atoms with Crippen molar-refractivity contribution in [3.05, 3.63) is 29.8 Å². The van der Waals surface area contributed by atoms with E-state index in [9.17, 15) is 17.6 Å². The highest BCUT2D eigenvalue weighted by Crippen LogP contribution is 2.34. The molecule has 1 fully saturated rings. The highest BCUT2D eigenvalue weighted by Gasteiger charge is 2.44. The second kappa shape index (κ2) is 9.52. The van der Waals surface area contributed by atoms with Crippen LogP contribution < -0.4 is 10.1 Å². The third-order valence-corrected chi connectivity index (χ3v) is 3.57. The molecule has 1 aliphatic heterocycles. The first kappa shape index (κ1) is 22.2. The van der Waals surface area contributed by atoms with Crippen molar-refractivity contribution >= 4 is 24.8 Å². The van der Waals surface area contributed by atoms with Crippen LogP contribution in [-0.4, -0.2) is 43.6 Å². The predicted octanol–water partition coefficient (Wildman–Crippen LogP) is 3.73. The lowest BCUT2D eigenvalue weighted by Gasteiger charge is -2.34. The summed E-state index contributed by atoms with van der Waals surface area (Å²) in [6.07, 6.45) is -8.35. The summed E-state index contributed by atoms with van der Waals surface area (Å²) < 4.78 is 55.1. The van der Waals surface area contributed by atoms with Gasteiger partial charge in [-0.05, 0) is 13.0 Å². The summed E-state index contributed by atoms with van der Waals surface area (Å²) >= 11 is 0. The molecule has 0 amide bonds. The highest BCUT2D eigenvalue weighted by atomic mass is 35.5. The van der Waals surface area contributed by atoms with E-state index in [4.69, 9.17) is 0 Å². The fourth-order valence-corrected chi connectivity index (χ4v) is 2.38. The molecule has 0 bridgehead atoms. The van der Waals surface area contributed by atoms with Gasteiger partial charge in [-0.3, -0.25) is 4.90 Å². The fraction of sp³-hybridized carbons (Fsp3) is 0.571. The van der Waals surface area contributed by atoms with Gasteiger partial charge in [0, 0.05) is 37.8 Å². The van der Waals surface area contributed by atoms with Gasteiger partial charge in [0.05, 0.1) is 0 Å². The van der Waals surface area contributed by atoms with Gasteiger partial charge in [0.25, 0.3) is 0 Å². The van der Waals surface area contributed by atoms with Gasteiger partial charge in [-0.2, -0.15) is 17.6 Å². The minimum absolute atomic E-state index is 0. The summed E-state index contributed by atoms with van der Waals surface area (Å²) in [5.74, 6) is -0.200. The van der Waals surface area contributed by atoms with E-state index in [0.29, 0.717) is 5.56 Å². The molecule has 1 aromatic rings. The molecule has 23 heavy (non-hydrogen) atoms. The predicted molar refractivity (Wildman–Crippen MR) is 85.4 cm³/mol. The van der Waals surface area contributed by atoms with Crippen molar-refractivity contribution in [2.24, 2.45) is 0 Å². The number of halogens is 6. The molecule has 1 heterocycles. The zero-order valence-corrected chi connectivity index (χ0v) is 14.1. The number of hydrogen-bond acceptors (Lipinski definition) is 3. The molecule has 0 saturated carbocycles. The van der Waals surface area contributed by atoms with Crippen LogP contribution >= 0.6 is 24.8 Å². The molecular weight excluding hydrogens is 359 g/mol. The molecule has 1 atom stereocenters. The number of hydrogen-bond donors (Lipinski definition) is 1. The Balaban J connectivity index is 0.00000242. The number of nitrogens with zero attached hydrogens (tertiary/aromatic N) is 1. The topological polar surface area (TPSA) is 24.5 Å². The molecule has 9 heteroatoms. The summed E-state index contributed by atoms with van der Waals surface area (Å²) in [6.45, 7) is 5.00. The van der Waals surface area contributed by atoms with Crippen LogP contribution in [0.2, 0.25) is 0 Å². The molecule has 1 aliphatic rings. The largest absolute Gasteiger partial charge is 0.461 e. The number of piperazine rings is 1. The number of rotatable bonds is 5. The van der Waals surface area contributed by atoms with Gasteiger partial charge in [-0.25, -0.2) is 0 Å². The quantitative estimate of drug-likeness (QED) is 0.790. The number of nitrogens with one attached hydrogen (secondary N) is 1. The third-order valence-electron chi connectivity index (χ3n) is 3.57. The molecule has 0 radical (unpaired) electrons. The number of alkyl halides is 4. The first-order valence-corrected chi connectivity index (χ1v) is 6.80. The van der Waals surface area contributed by atoms with Gasteiger partial charge in [0.1, 0.15) is 5.75 Å². The zero-order valence-electron chi connectivity index (χ0n) is 12.5. The summed E-state index contributed by atoms with van der Waals surface area (Å²) in [5.41, 5.74) is 0.486. The molecule has 1 aromatic carbocycles. The molecular formula is C14H20Cl2F4N2O. The molecule has 2 rings (SSSR count). The maximum atomic E-state index is 13.1. The lowest BCUT2D eigenvalue weighted by atomic mass is 10.0. The minimum Gasteiger partial charge on any atom is -0.428 e. The zero-order chi connectivity index (χ0) is 15.5. The van der Waals surface area contributed by atoms with Crippen LogP contribution in [-0.2, 0) is 0 Å². The van der Waals surface area contributed by atoms with Crippen LogP contribution in [0.1, 0.15) is 18.5 Å². The molecule has 3 nitrogen and oxygen atoms in total. The van der Waals surface area contributed by atoms with Crippen molar-refractivity contribution < 1.29 is 22.3 Å². The lowest BCUT2D eigenvalue weighted by Crippen LogP contribution is -2.44. The van der Waals surface area contributed by atoms with Crippen molar-refractivity contribution in [2.75, 3.05) is 26.2 Å². The minimum atomic E-state index is -4.49. The number of ether oxygens (including phenoxy) is 1. The average Bonchev–Trinajstić information content (AvgIpc) is 2.47. The fourth-order valence-electron chi connectivity index (χ4n) is 2.38. The van der Waals surface area contributed by atoms with Gasteiger partial charge in [0.15, 0.2) is 0 Å². The van der Waals surface area contributed by atoms with E-state index in [1.807, 2.05) is 6.92 Å². The SMILES string of the molecule is C[C@H](c1ccccc1OC(F)(F)C(F)F)N1CCNCC1.Cl.Cl. The van der Waals surface area contributed by atoms with E-state index in [0.717, 1.165) is 26.2 Å². The van der Waals surface area contributed by atoms with Crippen LogP contribution in [0.25, 0.3) is 0 Å². The maximum Gasteiger partial charge on any atom is 0.461 e. The Morgan fingerprint density at radius 1 is 1.13 bits per heavy atom. The van der Waals surface area contributed by atoms with Crippen LogP contribution in [0, 0.1) is 0 Å². The van der Waals surface area contributed by atoms with Gasteiger partial charge < -0.3 is 10.1 Å². The van der Waals surface area contributed by atoms with E-state index in [1.54, 1.807) is 12.1 Å². The Bertz CT molecular complexity index is 474. The van der Waals surface area contributed by atoms with E-state index >= 15 is 0 Å². The van der Waals surface area contributed by atoms with E-state index < -0.39 is 12.5 Å². The van der Waals surface area contributed by atoms with Crippen molar-refractivity contribution in [1.82, 2.24) is 10.2 Å².